The fraction of sp³-hybridized carbons (Fsp3) is 0.500. The fourth-order valence-corrected chi connectivity index (χ4v) is 1.77. The van der Waals surface area contributed by atoms with Crippen molar-refractivity contribution in [2.24, 2.45) is 5.41 Å². The zero-order valence-electron chi connectivity index (χ0n) is 10.2. The van der Waals surface area contributed by atoms with Crippen LogP contribution >= 0.6 is 11.8 Å². The van der Waals surface area contributed by atoms with Crippen LogP contribution in [0, 0.1) is 5.41 Å². The molecule has 1 heterocycles. The first kappa shape index (κ1) is 13.0. The van der Waals surface area contributed by atoms with Gasteiger partial charge in [0.1, 0.15) is 0 Å². The molecule has 3 nitrogen and oxygen atoms in total. The second-order valence-corrected chi connectivity index (χ2v) is 5.47. The zero-order chi connectivity index (χ0) is 12.2. The lowest BCUT2D eigenvalue weighted by atomic mass is 9.96. The van der Waals surface area contributed by atoms with Crippen molar-refractivity contribution in [3.05, 3.63) is 24.0 Å². The molecule has 0 fully saturated rings. The number of pyridine rings is 1. The Bertz CT molecular complexity index is 372. The van der Waals surface area contributed by atoms with Crippen molar-refractivity contribution >= 4 is 17.7 Å². The van der Waals surface area contributed by atoms with E-state index in [1.54, 1.807) is 24.2 Å². The van der Waals surface area contributed by atoms with Gasteiger partial charge in [-0.1, -0.05) is 20.8 Å². The van der Waals surface area contributed by atoms with Crippen LogP contribution in [-0.4, -0.2) is 17.1 Å². The van der Waals surface area contributed by atoms with Gasteiger partial charge < -0.3 is 5.32 Å². The molecule has 0 bridgehead atoms. The molecule has 16 heavy (non-hydrogen) atoms. The highest BCUT2D eigenvalue weighted by Gasteiger charge is 2.20. The third kappa shape index (κ3) is 3.52. The van der Waals surface area contributed by atoms with Gasteiger partial charge in [0.15, 0.2) is 0 Å². The topological polar surface area (TPSA) is 42.0 Å². The van der Waals surface area contributed by atoms with Crippen LogP contribution in [0.2, 0.25) is 0 Å². The summed E-state index contributed by atoms with van der Waals surface area (Å²) in [6, 6.07) is 1.96. The summed E-state index contributed by atoms with van der Waals surface area (Å²) in [7, 11) is 0. The Kier molecular flexibility index (Phi) is 4.35. The monoisotopic (exact) mass is 238 g/mol. The Morgan fingerprint density at radius 2 is 2.19 bits per heavy atom. The molecule has 4 heteroatoms. The fourth-order valence-electron chi connectivity index (χ4n) is 1.19. The number of aromatic nitrogens is 1. The molecule has 1 amide bonds. The number of amides is 1. The highest BCUT2D eigenvalue weighted by molar-refractivity contribution is 7.98. The van der Waals surface area contributed by atoms with Crippen molar-refractivity contribution in [1.82, 2.24) is 10.3 Å². The first-order chi connectivity index (χ1) is 7.45. The molecule has 0 saturated heterocycles. The van der Waals surface area contributed by atoms with Gasteiger partial charge in [0.25, 0.3) is 0 Å². The molecule has 88 valence electrons. The number of nitrogens with one attached hydrogen (secondary N) is 1. The summed E-state index contributed by atoms with van der Waals surface area (Å²) < 4.78 is 0. The van der Waals surface area contributed by atoms with Crippen molar-refractivity contribution in [2.75, 3.05) is 6.26 Å². The molecule has 0 saturated carbocycles. The molecule has 1 aromatic rings. The van der Waals surface area contributed by atoms with Gasteiger partial charge in [0, 0.05) is 34.8 Å². The summed E-state index contributed by atoms with van der Waals surface area (Å²) in [5.74, 6) is 0.0587. The Labute approximate surface area is 101 Å². The van der Waals surface area contributed by atoms with Crippen molar-refractivity contribution < 1.29 is 4.79 Å². The van der Waals surface area contributed by atoms with Gasteiger partial charge in [-0.05, 0) is 12.3 Å². The van der Waals surface area contributed by atoms with E-state index in [-0.39, 0.29) is 11.3 Å². The summed E-state index contributed by atoms with van der Waals surface area (Å²) in [6.07, 6.45) is 5.58. The summed E-state index contributed by atoms with van der Waals surface area (Å²) >= 11 is 1.66. The molecule has 0 radical (unpaired) electrons. The first-order valence-corrected chi connectivity index (χ1v) is 6.43. The third-order valence-electron chi connectivity index (χ3n) is 2.20. The molecule has 1 N–H and O–H groups in total. The summed E-state index contributed by atoms with van der Waals surface area (Å²) in [5.41, 5.74) is 0.717. The molecule has 1 rings (SSSR count). The van der Waals surface area contributed by atoms with E-state index in [2.05, 4.69) is 10.3 Å². The van der Waals surface area contributed by atoms with Gasteiger partial charge in [-0.3, -0.25) is 9.78 Å². The van der Waals surface area contributed by atoms with E-state index < -0.39 is 0 Å². The third-order valence-corrected chi connectivity index (χ3v) is 3.04. The van der Waals surface area contributed by atoms with Crippen molar-refractivity contribution in [2.45, 2.75) is 32.2 Å². The van der Waals surface area contributed by atoms with Crippen molar-refractivity contribution in [3.8, 4) is 0 Å². The van der Waals surface area contributed by atoms with Gasteiger partial charge >= 0.3 is 0 Å². The van der Waals surface area contributed by atoms with Crippen LogP contribution in [-0.2, 0) is 11.3 Å². The van der Waals surface area contributed by atoms with E-state index in [4.69, 9.17) is 0 Å². The second-order valence-electron chi connectivity index (χ2n) is 4.62. The van der Waals surface area contributed by atoms with E-state index in [9.17, 15) is 4.79 Å². The second kappa shape index (κ2) is 5.34. The molecule has 0 aliphatic heterocycles. The lowest BCUT2D eigenvalue weighted by Crippen LogP contribution is -2.34. The minimum absolute atomic E-state index is 0.0587. The van der Waals surface area contributed by atoms with E-state index >= 15 is 0 Å². The Balaban J connectivity index is 2.65. The van der Waals surface area contributed by atoms with Crippen LogP contribution in [0.5, 0.6) is 0 Å². The molecule has 0 spiro atoms. The lowest BCUT2D eigenvalue weighted by molar-refractivity contribution is -0.128. The maximum atomic E-state index is 11.7. The number of nitrogens with zero attached hydrogens (tertiary/aromatic N) is 1. The molecule has 0 aromatic carbocycles. The number of carbonyl (C=O) groups is 1. The average molecular weight is 238 g/mol. The maximum absolute atomic E-state index is 11.7. The predicted molar refractivity (Wildman–Crippen MR) is 67.3 cm³/mol. The van der Waals surface area contributed by atoms with Gasteiger partial charge in [-0.2, -0.15) is 0 Å². The predicted octanol–water partition coefficient (Wildman–Crippen LogP) is 2.47. The molecule has 0 aliphatic rings. The first-order valence-electron chi connectivity index (χ1n) is 5.20. The largest absolute Gasteiger partial charge is 0.351 e. The van der Waals surface area contributed by atoms with Crippen LogP contribution in [0.25, 0.3) is 0 Å². The smallest absolute Gasteiger partial charge is 0.225 e. The number of rotatable bonds is 3. The minimum atomic E-state index is -0.346. The molecule has 1 aromatic heterocycles. The van der Waals surface area contributed by atoms with Crippen LogP contribution in [0.4, 0.5) is 0 Å². The van der Waals surface area contributed by atoms with Crippen molar-refractivity contribution in [3.63, 3.8) is 0 Å². The lowest BCUT2D eigenvalue weighted by Gasteiger charge is -2.18. The summed E-state index contributed by atoms with van der Waals surface area (Å²) in [5, 5.41) is 2.92. The molecular formula is C12H18N2OS. The Morgan fingerprint density at radius 3 is 2.75 bits per heavy atom. The van der Waals surface area contributed by atoms with Gasteiger partial charge in [0.2, 0.25) is 5.91 Å². The minimum Gasteiger partial charge on any atom is -0.351 e. The van der Waals surface area contributed by atoms with Crippen LogP contribution < -0.4 is 5.32 Å². The quantitative estimate of drug-likeness (QED) is 0.823. The SMILES string of the molecule is CSc1ccncc1CNC(=O)C(C)(C)C. The van der Waals surface area contributed by atoms with E-state index in [0.717, 1.165) is 10.5 Å². The molecule has 0 atom stereocenters. The zero-order valence-corrected chi connectivity index (χ0v) is 11.0. The maximum Gasteiger partial charge on any atom is 0.225 e. The number of carbonyl (C=O) groups excluding carboxylic acids is 1. The van der Waals surface area contributed by atoms with E-state index in [1.807, 2.05) is 33.1 Å². The number of hydrogen-bond acceptors (Lipinski definition) is 3. The van der Waals surface area contributed by atoms with Crippen LogP contribution in [0.1, 0.15) is 26.3 Å². The molecule has 0 aliphatic carbocycles. The van der Waals surface area contributed by atoms with Crippen LogP contribution in [0.15, 0.2) is 23.4 Å². The summed E-state index contributed by atoms with van der Waals surface area (Å²) in [4.78, 5) is 16.9. The normalized spacial score (nSPS) is 11.2. The van der Waals surface area contributed by atoms with Crippen LogP contribution in [0.3, 0.4) is 0 Å². The van der Waals surface area contributed by atoms with E-state index in [0.29, 0.717) is 6.54 Å². The Hall–Kier alpha value is -1.03. The van der Waals surface area contributed by atoms with Gasteiger partial charge in [-0.25, -0.2) is 0 Å². The van der Waals surface area contributed by atoms with E-state index in [1.165, 1.54) is 0 Å². The van der Waals surface area contributed by atoms with Gasteiger partial charge in [-0.15, -0.1) is 11.8 Å². The van der Waals surface area contributed by atoms with Gasteiger partial charge in [0.05, 0.1) is 0 Å². The average Bonchev–Trinajstić information content (AvgIpc) is 2.24. The highest BCUT2D eigenvalue weighted by Crippen LogP contribution is 2.19. The van der Waals surface area contributed by atoms with Crippen molar-refractivity contribution in [1.29, 1.82) is 0 Å². The number of thioether (sulfide) groups is 1. The number of hydrogen-bond donors (Lipinski definition) is 1. The Morgan fingerprint density at radius 1 is 1.50 bits per heavy atom. The summed E-state index contributed by atoms with van der Waals surface area (Å²) in [6.45, 7) is 6.25. The standard InChI is InChI=1S/C12H18N2OS/c1-12(2,3)11(15)14-8-9-7-13-6-5-10(9)16-4/h5-7H,8H2,1-4H3,(H,14,15). The molecular weight excluding hydrogens is 220 g/mol. The molecule has 0 unspecified atom stereocenters. The highest BCUT2D eigenvalue weighted by atomic mass is 32.2.